The Balaban J connectivity index is 0.851. The number of nitrogens with zero attached hydrogens (tertiary/aromatic N) is 7. The maximum absolute atomic E-state index is 13.2. The molecule has 3 aliphatic heterocycles. The summed E-state index contributed by atoms with van der Waals surface area (Å²) < 4.78 is 7.53. The van der Waals surface area contributed by atoms with E-state index in [2.05, 4.69) is 32.1 Å². The van der Waals surface area contributed by atoms with Crippen LogP contribution in [-0.4, -0.2) is 84.8 Å². The summed E-state index contributed by atoms with van der Waals surface area (Å²) in [6.45, 7) is 2.12. The van der Waals surface area contributed by atoms with Gasteiger partial charge in [0.05, 0.1) is 34.8 Å². The molecule has 4 aromatic rings. The van der Waals surface area contributed by atoms with Crippen molar-refractivity contribution in [1.82, 2.24) is 35.1 Å². The maximum atomic E-state index is 13.2. The predicted molar refractivity (Wildman–Crippen MR) is 211 cm³/mol. The number of hydrogen-bond donors (Lipinski definition) is 5. The van der Waals surface area contributed by atoms with Crippen molar-refractivity contribution in [3.8, 4) is 28.6 Å². The number of anilines is 2. The molecule has 1 atom stereocenters. The van der Waals surface area contributed by atoms with E-state index in [1.165, 1.54) is 22.1 Å². The van der Waals surface area contributed by atoms with Gasteiger partial charge in [-0.3, -0.25) is 14.4 Å². The smallest absolute Gasteiger partial charge is 0.336 e. The number of carboxylic acid groups (broad SMARTS) is 1. The summed E-state index contributed by atoms with van der Waals surface area (Å²) in [7, 11) is 0. The van der Waals surface area contributed by atoms with Crippen molar-refractivity contribution in [2.45, 2.75) is 38.8 Å². The Labute approximate surface area is 334 Å². The molecule has 294 valence electrons. The Hall–Kier alpha value is -7.13. The second-order valence-electron chi connectivity index (χ2n) is 14.3. The average Bonchev–Trinajstić information content (AvgIpc) is 3.98. The van der Waals surface area contributed by atoms with Crippen molar-refractivity contribution in [3.05, 3.63) is 93.5 Å². The molecule has 2 aromatic carbocycles. The Bertz CT molecular complexity index is 2680. The summed E-state index contributed by atoms with van der Waals surface area (Å²) >= 11 is 1.36. The van der Waals surface area contributed by atoms with Gasteiger partial charge in [0.15, 0.2) is 11.3 Å². The molecule has 0 radical (unpaired) electrons. The zero-order valence-electron chi connectivity index (χ0n) is 31.0. The SMILES string of the molecule is N#CN1CC[C@@H](C(=O)Nc2nc3c(s2)CN(C(=O)Cn2cc(CCCNC(=O)c4ccc(-c5c6ccc(=N)cc-6oc6cc(N)ccc56)c(C(=O)O)c4)nn2)CC3)C1. The Morgan fingerprint density at radius 2 is 1.93 bits per heavy atom. The third-order valence-corrected chi connectivity index (χ3v) is 11.3. The average molecular weight is 800 g/mol. The van der Waals surface area contributed by atoms with Crippen LogP contribution in [0.25, 0.3) is 33.4 Å². The van der Waals surface area contributed by atoms with E-state index >= 15 is 0 Å². The molecule has 3 amide bonds. The number of benzene rings is 3. The standard InChI is InChI=1S/C40H37N11O6S/c41-21-49-12-9-23(17-49)38(54)46-40-45-31-10-13-50(19-34(31)58-40)35(52)20-51-18-26(47-48-51)2-1-11-44-37(53)22-3-6-27(30(14-22)39(55)56)36-28-7-4-24(42)15-32(28)57-33-16-25(43)5-8-29(33)36/h3-8,14-16,18,23,42H,1-2,9-13,17,19-20,43H2,(H,44,53)(H,55,56)(H,45,46,54)/t23-/m1/s1. The zero-order chi connectivity index (χ0) is 40.5. The third kappa shape index (κ3) is 7.79. The van der Waals surface area contributed by atoms with Gasteiger partial charge in [-0.05, 0) is 61.2 Å². The fraction of sp³-hybridized carbons (Fsp3) is 0.275. The highest BCUT2D eigenvalue weighted by atomic mass is 32.1. The Morgan fingerprint density at radius 3 is 2.74 bits per heavy atom. The first kappa shape index (κ1) is 37.8. The van der Waals surface area contributed by atoms with Crippen molar-refractivity contribution in [1.29, 1.82) is 10.7 Å². The van der Waals surface area contributed by atoms with E-state index in [9.17, 15) is 24.3 Å². The lowest BCUT2D eigenvalue weighted by Gasteiger charge is -2.25. The summed E-state index contributed by atoms with van der Waals surface area (Å²) in [5.74, 6) is -1.78. The van der Waals surface area contributed by atoms with Gasteiger partial charge in [-0.2, -0.15) is 5.26 Å². The van der Waals surface area contributed by atoms with Gasteiger partial charge in [0.2, 0.25) is 11.8 Å². The monoisotopic (exact) mass is 799 g/mol. The number of amides is 3. The minimum Gasteiger partial charge on any atom is -0.478 e. The van der Waals surface area contributed by atoms with E-state index < -0.39 is 11.9 Å². The van der Waals surface area contributed by atoms with Crippen molar-refractivity contribution < 1.29 is 28.7 Å². The van der Waals surface area contributed by atoms with Crippen molar-refractivity contribution in [3.63, 3.8) is 0 Å². The van der Waals surface area contributed by atoms with Gasteiger partial charge < -0.3 is 41.1 Å². The number of aryl methyl sites for hydroxylation is 1. The van der Waals surface area contributed by atoms with Gasteiger partial charge in [0, 0.05) is 83.6 Å². The van der Waals surface area contributed by atoms with E-state index in [1.807, 2.05) is 0 Å². The Morgan fingerprint density at radius 1 is 1.09 bits per heavy atom. The minimum atomic E-state index is -1.21. The molecular formula is C40H37N11O6S. The summed E-state index contributed by atoms with van der Waals surface area (Å²) in [4.78, 5) is 60.5. The van der Waals surface area contributed by atoms with E-state index in [0.717, 1.165) is 10.6 Å². The quantitative estimate of drug-likeness (QED) is 0.0545. The van der Waals surface area contributed by atoms with E-state index in [0.29, 0.717) is 102 Å². The topological polar surface area (TPSA) is 249 Å². The van der Waals surface area contributed by atoms with Crippen LogP contribution >= 0.6 is 11.3 Å². The molecule has 2 aromatic heterocycles. The normalized spacial score (nSPS) is 15.0. The molecule has 18 heteroatoms. The number of carboxylic acids is 1. The molecule has 0 saturated carbocycles. The molecule has 58 heavy (non-hydrogen) atoms. The highest BCUT2D eigenvalue weighted by Crippen LogP contribution is 2.42. The van der Waals surface area contributed by atoms with Crippen LogP contribution in [0.1, 0.15) is 49.8 Å². The van der Waals surface area contributed by atoms with Crippen LogP contribution in [0.3, 0.4) is 0 Å². The lowest BCUT2D eigenvalue weighted by Crippen LogP contribution is -2.37. The van der Waals surface area contributed by atoms with E-state index in [-0.39, 0.29) is 47.3 Å². The van der Waals surface area contributed by atoms with Crippen LogP contribution in [0.5, 0.6) is 0 Å². The molecule has 4 aliphatic rings. The van der Waals surface area contributed by atoms with Crippen molar-refractivity contribution in [2.24, 2.45) is 5.92 Å². The minimum absolute atomic E-state index is 0.00308. The highest BCUT2D eigenvalue weighted by Gasteiger charge is 2.30. The first-order valence-electron chi connectivity index (χ1n) is 18.6. The lowest BCUT2D eigenvalue weighted by molar-refractivity contribution is -0.133. The largest absolute Gasteiger partial charge is 0.478 e. The highest BCUT2D eigenvalue weighted by molar-refractivity contribution is 7.15. The van der Waals surface area contributed by atoms with Gasteiger partial charge >= 0.3 is 5.97 Å². The van der Waals surface area contributed by atoms with Gasteiger partial charge in [-0.15, -0.1) is 5.10 Å². The molecule has 0 unspecified atom stereocenters. The number of likely N-dealkylation sites (tertiary alicyclic amines) is 1. The van der Waals surface area contributed by atoms with Gasteiger partial charge in [-0.1, -0.05) is 22.6 Å². The van der Waals surface area contributed by atoms with Gasteiger partial charge in [0.25, 0.3) is 5.91 Å². The molecule has 0 bridgehead atoms. The first-order chi connectivity index (χ1) is 28.0. The summed E-state index contributed by atoms with van der Waals surface area (Å²) in [6.07, 6.45) is 5.97. The molecular weight excluding hydrogens is 763 g/mol. The van der Waals surface area contributed by atoms with Crippen LogP contribution in [0, 0.1) is 22.8 Å². The molecule has 1 fully saturated rings. The second-order valence-corrected chi connectivity index (χ2v) is 15.3. The number of aromatic carboxylic acids is 1. The van der Waals surface area contributed by atoms with Crippen molar-refractivity contribution >= 4 is 56.8 Å². The number of nitrogen functional groups attached to an aromatic ring is 1. The summed E-state index contributed by atoms with van der Waals surface area (Å²) in [6, 6.07) is 14.5. The molecule has 1 saturated heterocycles. The van der Waals surface area contributed by atoms with Gasteiger partial charge in [-0.25, -0.2) is 14.5 Å². The number of rotatable bonds is 11. The Kier molecular flexibility index (Phi) is 10.3. The van der Waals surface area contributed by atoms with Crippen LogP contribution in [0.2, 0.25) is 0 Å². The zero-order valence-corrected chi connectivity index (χ0v) is 31.8. The van der Waals surface area contributed by atoms with Crippen LogP contribution < -0.4 is 21.7 Å². The number of nitrogens with two attached hydrogens (primary N) is 1. The number of aromatic nitrogens is 4. The third-order valence-electron chi connectivity index (χ3n) is 10.3. The molecule has 6 N–H and O–H groups in total. The molecule has 0 spiro atoms. The van der Waals surface area contributed by atoms with E-state index in [1.54, 1.807) is 64.5 Å². The van der Waals surface area contributed by atoms with Crippen molar-refractivity contribution in [2.75, 3.05) is 37.2 Å². The fourth-order valence-electron chi connectivity index (χ4n) is 7.35. The number of fused-ring (bicyclic) bond motifs is 3. The molecule has 8 rings (SSSR count). The lowest BCUT2D eigenvalue weighted by atomic mass is 9.89. The van der Waals surface area contributed by atoms with Gasteiger partial charge in [0.1, 0.15) is 17.9 Å². The first-order valence-corrected chi connectivity index (χ1v) is 19.4. The van der Waals surface area contributed by atoms with Crippen LogP contribution in [0.4, 0.5) is 10.8 Å². The number of carbonyl (C=O) groups is 4. The fourth-order valence-corrected chi connectivity index (χ4v) is 8.38. The summed E-state index contributed by atoms with van der Waals surface area (Å²) in [5.41, 5.74) is 10.1. The number of thiazole rings is 1. The number of carbonyl (C=O) groups excluding carboxylic acids is 3. The van der Waals surface area contributed by atoms with Crippen LogP contribution in [0.15, 0.2) is 65.2 Å². The molecule has 1 aliphatic carbocycles. The number of nitriles is 1. The number of nitrogens with one attached hydrogen (secondary N) is 3. The molecule has 5 heterocycles. The molecule has 17 nitrogen and oxygen atoms in total. The summed E-state index contributed by atoms with van der Waals surface area (Å²) in [5, 5.41) is 42.8. The van der Waals surface area contributed by atoms with E-state index in [4.69, 9.17) is 20.8 Å². The second kappa shape index (κ2) is 15.8. The number of hydrogen-bond acceptors (Lipinski definition) is 13. The van der Waals surface area contributed by atoms with Crippen LogP contribution in [-0.2, 0) is 35.5 Å². The maximum Gasteiger partial charge on any atom is 0.336 e. The predicted octanol–water partition coefficient (Wildman–Crippen LogP) is 3.70.